The first-order valence-electron chi connectivity index (χ1n) is 8.94. The number of nitrogens with one attached hydrogen (secondary N) is 1. The molecule has 0 radical (unpaired) electrons. The van der Waals surface area contributed by atoms with E-state index in [0.29, 0.717) is 5.82 Å². The van der Waals surface area contributed by atoms with E-state index < -0.39 is 5.97 Å². The summed E-state index contributed by atoms with van der Waals surface area (Å²) in [6.45, 7) is 5.48. The zero-order chi connectivity index (χ0) is 18.3. The average molecular weight is 350 g/mol. The van der Waals surface area contributed by atoms with Crippen LogP contribution in [0, 0.1) is 13.8 Å². The molecule has 1 fully saturated rings. The first-order chi connectivity index (χ1) is 12.5. The number of anilines is 1. The summed E-state index contributed by atoms with van der Waals surface area (Å²) in [5.74, 6) is 0.839. The zero-order valence-electron chi connectivity index (χ0n) is 15.0. The maximum absolute atomic E-state index is 11.6. The van der Waals surface area contributed by atoms with Crippen LogP contribution in [0.1, 0.15) is 46.2 Å². The van der Waals surface area contributed by atoms with Gasteiger partial charge in [-0.15, -0.1) is 0 Å². The Hall–Kier alpha value is -2.89. The van der Waals surface area contributed by atoms with Crippen molar-refractivity contribution < 1.29 is 9.90 Å². The number of nitrogens with zero attached hydrogens (tertiary/aromatic N) is 3. The molecule has 6 heteroatoms. The number of H-pyrrole nitrogens is 1. The van der Waals surface area contributed by atoms with Gasteiger partial charge in [-0.1, -0.05) is 12.1 Å². The number of imidazole rings is 1. The number of carboxylic acids is 1. The highest BCUT2D eigenvalue weighted by Crippen LogP contribution is 2.31. The number of hydrogen-bond donors (Lipinski definition) is 2. The van der Waals surface area contributed by atoms with Crippen LogP contribution in [0.4, 0.5) is 5.82 Å². The molecular formula is C20H22N4O2. The van der Waals surface area contributed by atoms with Crippen molar-refractivity contribution in [3.63, 3.8) is 0 Å². The van der Waals surface area contributed by atoms with Crippen LogP contribution in [0.2, 0.25) is 0 Å². The Labute approximate surface area is 151 Å². The molecule has 134 valence electrons. The number of rotatable bonds is 3. The van der Waals surface area contributed by atoms with Crippen LogP contribution in [0.25, 0.3) is 11.0 Å². The van der Waals surface area contributed by atoms with Crippen LogP contribution < -0.4 is 4.90 Å². The van der Waals surface area contributed by atoms with E-state index in [1.165, 1.54) is 0 Å². The molecule has 0 amide bonds. The molecule has 0 unspecified atom stereocenters. The fourth-order valence-corrected chi connectivity index (χ4v) is 3.73. The number of carbonyl (C=O) groups is 1. The van der Waals surface area contributed by atoms with Gasteiger partial charge >= 0.3 is 5.97 Å². The lowest BCUT2D eigenvalue weighted by molar-refractivity contribution is 0.0697. The zero-order valence-corrected chi connectivity index (χ0v) is 15.0. The number of aromatic carboxylic acids is 1. The fourth-order valence-electron chi connectivity index (χ4n) is 3.73. The summed E-state index contributed by atoms with van der Waals surface area (Å²) in [6.07, 6.45) is 2.01. The van der Waals surface area contributed by atoms with Gasteiger partial charge in [0.25, 0.3) is 0 Å². The summed E-state index contributed by atoms with van der Waals surface area (Å²) in [5.41, 5.74) is 4.31. The van der Waals surface area contributed by atoms with Gasteiger partial charge in [-0.05, 0) is 50.5 Å². The highest BCUT2D eigenvalue weighted by atomic mass is 16.4. The van der Waals surface area contributed by atoms with Gasteiger partial charge in [0.2, 0.25) is 0 Å². The SMILES string of the molecule is Cc1ccc(C(=O)O)c(N2CCC[C@H](c3nc4c(C)cccc4[nH]3)C2)n1. The lowest BCUT2D eigenvalue weighted by Gasteiger charge is -2.33. The Bertz CT molecular complexity index is 979. The van der Waals surface area contributed by atoms with Crippen LogP contribution in [-0.4, -0.2) is 39.1 Å². The van der Waals surface area contributed by atoms with E-state index in [2.05, 4.69) is 27.9 Å². The minimum absolute atomic E-state index is 0.236. The maximum Gasteiger partial charge on any atom is 0.339 e. The Kier molecular flexibility index (Phi) is 4.11. The van der Waals surface area contributed by atoms with E-state index in [1.54, 1.807) is 12.1 Å². The Morgan fingerprint density at radius 2 is 2.08 bits per heavy atom. The first kappa shape index (κ1) is 16.6. The van der Waals surface area contributed by atoms with Crippen LogP contribution in [0.3, 0.4) is 0 Å². The summed E-state index contributed by atoms with van der Waals surface area (Å²) in [7, 11) is 0. The number of pyridine rings is 1. The molecule has 1 aliphatic rings. The molecule has 26 heavy (non-hydrogen) atoms. The second-order valence-corrected chi connectivity index (χ2v) is 7.01. The molecule has 4 rings (SSSR count). The molecule has 2 aromatic heterocycles. The molecule has 3 heterocycles. The molecule has 1 aliphatic heterocycles. The van der Waals surface area contributed by atoms with Crippen molar-refractivity contribution in [2.24, 2.45) is 0 Å². The third-order valence-electron chi connectivity index (χ3n) is 5.09. The predicted molar refractivity (Wildman–Crippen MR) is 101 cm³/mol. The monoisotopic (exact) mass is 350 g/mol. The molecule has 1 atom stereocenters. The highest BCUT2D eigenvalue weighted by Gasteiger charge is 2.27. The number of carboxylic acid groups (broad SMARTS) is 1. The van der Waals surface area contributed by atoms with E-state index in [-0.39, 0.29) is 11.5 Å². The van der Waals surface area contributed by atoms with Crippen molar-refractivity contribution in [1.82, 2.24) is 15.0 Å². The van der Waals surface area contributed by atoms with Gasteiger partial charge in [0, 0.05) is 24.7 Å². The van der Waals surface area contributed by atoms with E-state index in [0.717, 1.165) is 54.0 Å². The summed E-state index contributed by atoms with van der Waals surface area (Å²) < 4.78 is 0. The Morgan fingerprint density at radius 1 is 1.23 bits per heavy atom. The van der Waals surface area contributed by atoms with E-state index in [9.17, 15) is 9.90 Å². The van der Waals surface area contributed by atoms with Gasteiger partial charge in [-0.25, -0.2) is 14.8 Å². The molecular weight excluding hydrogens is 328 g/mol. The lowest BCUT2D eigenvalue weighted by Crippen LogP contribution is -2.36. The molecule has 0 bridgehead atoms. The third-order valence-corrected chi connectivity index (χ3v) is 5.09. The van der Waals surface area contributed by atoms with Crippen LogP contribution in [-0.2, 0) is 0 Å². The van der Waals surface area contributed by atoms with Gasteiger partial charge in [0.05, 0.1) is 11.0 Å². The summed E-state index contributed by atoms with van der Waals surface area (Å²) in [4.78, 5) is 26.5. The third kappa shape index (κ3) is 2.92. The van der Waals surface area contributed by atoms with Crippen LogP contribution in [0.5, 0.6) is 0 Å². The minimum atomic E-state index is -0.936. The standard InChI is InChI=1S/C20H22N4O2/c1-12-5-3-7-16-17(12)23-18(22-16)14-6-4-10-24(11-14)19-15(20(25)26)9-8-13(2)21-19/h3,5,7-9,14H,4,6,10-11H2,1-2H3,(H,22,23)(H,25,26)/t14-/m0/s1. The quantitative estimate of drug-likeness (QED) is 0.753. The molecule has 1 saturated heterocycles. The van der Waals surface area contributed by atoms with E-state index in [4.69, 9.17) is 4.98 Å². The van der Waals surface area contributed by atoms with Gasteiger partial charge in [-0.3, -0.25) is 0 Å². The molecule has 3 aromatic rings. The second-order valence-electron chi connectivity index (χ2n) is 7.01. The minimum Gasteiger partial charge on any atom is -0.478 e. The number of aromatic nitrogens is 3. The van der Waals surface area contributed by atoms with E-state index >= 15 is 0 Å². The van der Waals surface area contributed by atoms with Crippen molar-refractivity contribution in [3.05, 3.63) is 53.0 Å². The summed E-state index contributed by atoms with van der Waals surface area (Å²) >= 11 is 0. The van der Waals surface area contributed by atoms with E-state index in [1.807, 2.05) is 19.1 Å². The number of para-hydroxylation sites is 1. The van der Waals surface area contributed by atoms with Crippen LogP contribution >= 0.6 is 0 Å². The topological polar surface area (TPSA) is 82.1 Å². The van der Waals surface area contributed by atoms with Gasteiger partial charge < -0.3 is 15.0 Å². The first-order valence-corrected chi connectivity index (χ1v) is 8.94. The number of fused-ring (bicyclic) bond motifs is 1. The van der Waals surface area contributed by atoms with Gasteiger partial charge in [-0.2, -0.15) is 0 Å². The summed E-state index contributed by atoms with van der Waals surface area (Å²) in [6, 6.07) is 9.53. The van der Waals surface area contributed by atoms with Gasteiger partial charge in [0.15, 0.2) is 0 Å². The normalized spacial score (nSPS) is 17.6. The number of piperidine rings is 1. The smallest absolute Gasteiger partial charge is 0.339 e. The molecule has 0 spiro atoms. The molecule has 0 saturated carbocycles. The van der Waals surface area contributed by atoms with Crippen molar-refractivity contribution in [1.29, 1.82) is 0 Å². The molecule has 1 aromatic carbocycles. The number of aryl methyl sites for hydroxylation is 2. The second kappa shape index (κ2) is 6.44. The summed E-state index contributed by atoms with van der Waals surface area (Å²) in [5, 5.41) is 9.51. The van der Waals surface area contributed by atoms with Crippen molar-refractivity contribution in [3.8, 4) is 0 Å². The Morgan fingerprint density at radius 3 is 2.85 bits per heavy atom. The number of benzene rings is 1. The maximum atomic E-state index is 11.6. The lowest BCUT2D eigenvalue weighted by atomic mass is 9.97. The average Bonchev–Trinajstić information content (AvgIpc) is 3.07. The number of hydrogen-bond acceptors (Lipinski definition) is 4. The van der Waals surface area contributed by atoms with Crippen molar-refractivity contribution in [2.75, 3.05) is 18.0 Å². The number of aromatic amines is 1. The predicted octanol–water partition coefficient (Wildman–Crippen LogP) is 3.66. The fraction of sp³-hybridized carbons (Fsp3) is 0.350. The largest absolute Gasteiger partial charge is 0.478 e. The van der Waals surface area contributed by atoms with Crippen molar-refractivity contribution >= 4 is 22.8 Å². The van der Waals surface area contributed by atoms with Crippen molar-refractivity contribution in [2.45, 2.75) is 32.6 Å². The molecule has 0 aliphatic carbocycles. The molecule has 6 nitrogen and oxygen atoms in total. The molecule has 2 N–H and O–H groups in total. The van der Waals surface area contributed by atoms with Crippen LogP contribution in [0.15, 0.2) is 30.3 Å². The Balaban J connectivity index is 1.66. The highest BCUT2D eigenvalue weighted by molar-refractivity contribution is 5.93. The van der Waals surface area contributed by atoms with Gasteiger partial charge in [0.1, 0.15) is 17.2 Å².